The van der Waals surface area contributed by atoms with E-state index in [0.29, 0.717) is 36.5 Å². The zero-order valence-corrected chi connectivity index (χ0v) is 15.5. The summed E-state index contributed by atoms with van der Waals surface area (Å²) in [5, 5.41) is 19.6. The van der Waals surface area contributed by atoms with Crippen LogP contribution in [0.3, 0.4) is 0 Å². The average Bonchev–Trinajstić information content (AvgIpc) is 2.73. The fourth-order valence-corrected chi connectivity index (χ4v) is 3.64. The summed E-state index contributed by atoms with van der Waals surface area (Å²) >= 11 is 0. The molecule has 1 unspecified atom stereocenters. The van der Waals surface area contributed by atoms with E-state index in [0.717, 1.165) is 25.0 Å². The van der Waals surface area contributed by atoms with Crippen LogP contribution in [0.25, 0.3) is 0 Å². The Hall–Kier alpha value is -2.33. The van der Waals surface area contributed by atoms with Crippen LogP contribution in [-0.2, 0) is 22.5 Å². The zero-order valence-electron chi connectivity index (χ0n) is 15.5. The lowest BCUT2D eigenvalue weighted by atomic mass is 9.77. The second-order valence-electron chi connectivity index (χ2n) is 6.89. The number of rotatable bonds is 5. The van der Waals surface area contributed by atoms with Gasteiger partial charge in [0.25, 0.3) is 5.91 Å². The van der Waals surface area contributed by atoms with Crippen molar-refractivity contribution in [2.24, 2.45) is 0 Å². The molecule has 0 aliphatic carbocycles. The summed E-state index contributed by atoms with van der Waals surface area (Å²) in [6.45, 7) is 1.13. The fraction of sp³-hybridized carbons (Fsp3) is 0.421. The highest BCUT2D eigenvalue weighted by Gasteiger charge is 2.31. The molecule has 9 heteroatoms. The monoisotopic (exact) mass is 383 g/mol. The zero-order chi connectivity index (χ0) is 19.5. The maximum absolute atomic E-state index is 13.0. The van der Waals surface area contributed by atoms with Crippen molar-refractivity contribution in [2.75, 3.05) is 18.1 Å². The van der Waals surface area contributed by atoms with E-state index in [4.69, 9.17) is 9.47 Å². The summed E-state index contributed by atoms with van der Waals surface area (Å²) in [5.74, 6) is 0.169. The van der Waals surface area contributed by atoms with Gasteiger partial charge < -0.3 is 19.5 Å². The number of hydrogen-bond donors (Lipinski definition) is 2. The molecule has 2 aliphatic heterocycles. The first kappa shape index (κ1) is 19.0. The maximum Gasteiger partial charge on any atom is 0.488 e. The topological polar surface area (TPSA) is 105 Å². The first-order valence-electron chi connectivity index (χ1n) is 9.48. The molecule has 1 fully saturated rings. The van der Waals surface area contributed by atoms with Gasteiger partial charge in [-0.05, 0) is 42.9 Å². The third-order valence-electron chi connectivity index (χ3n) is 5.09. The number of aromatic nitrogens is 2. The predicted octanol–water partition coefficient (Wildman–Crippen LogP) is 0.402. The molecule has 4 heterocycles. The Morgan fingerprint density at radius 2 is 2.14 bits per heavy atom. The average molecular weight is 383 g/mol. The molecule has 0 spiro atoms. The van der Waals surface area contributed by atoms with Crippen molar-refractivity contribution >= 4 is 24.3 Å². The third kappa shape index (κ3) is 3.79. The van der Waals surface area contributed by atoms with Crippen LogP contribution in [-0.4, -0.2) is 52.5 Å². The van der Waals surface area contributed by atoms with Gasteiger partial charge in [0.15, 0.2) is 6.29 Å². The molecule has 0 saturated carbocycles. The third-order valence-corrected chi connectivity index (χ3v) is 5.09. The van der Waals surface area contributed by atoms with Crippen molar-refractivity contribution in [1.29, 1.82) is 0 Å². The van der Waals surface area contributed by atoms with Crippen LogP contribution < -0.4 is 10.4 Å². The van der Waals surface area contributed by atoms with Crippen molar-refractivity contribution < 1.29 is 24.3 Å². The number of hydrogen-bond acceptors (Lipinski definition) is 7. The van der Waals surface area contributed by atoms with Crippen LogP contribution in [0.2, 0.25) is 0 Å². The Bertz CT molecular complexity index is 857. The lowest BCUT2D eigenvalue weighted by Crippen LogP contribution is -2.42. The summed E-state index contributed by atoms with van der Waals surface area (Å²) in [4.78, 5) is 23.2. The smallest absolute Gasteiger partial charge is 0.423 e. The van der Waals surface area contributed by atoms with Gasteiger partial charge in [0.1, 0.15) is 5.82 Å². The summed E-state index contributed by atoms with van der Waals surface area (Å²) in [5.41, 5.74) is 2.04. The quantitative estimate of drug-likeness (QED) is 0.721. The van der Waals surface area contributed by atoms with Crippen molar-refractivity contribution in [3.63, 3.8) is 0 Å². The minimum Gasteiger partial charge on any atom is -0.423 e. The van der Waals surface area contributed by atoms with Gasteiger partial charge in [-0.25, -0.2) is 4.98 Å². The Morgan fingerprint density at radius 1 is 1.25 bits per heavy atom. The normalized spacial score (nSPS) is 19.4. The van der Waals surface area contributed by atoms with E-state index in [2.05, 4.69) is 9.97 Å². The molecule has 0 aromatic carbocycles. The van der Waals surface area contributed by atoms with Crippen molar-refractivity contribution in [1.82, 2.24) is 9.97 Å². The molecule has 2 aromatic rings. The molecule has 2 N–H and O–H groups in total. The van der Waals surface area contributed by atoms with Gasteiger partial charge in [-0.3, -0.25) is 14.7 Å². The van der Waals surface area contributed by atoms with Crippen LogP contribution in [0.4, 0.5) is 5.82 Å². The van der Waals surface area contributed by atoms with E-state index in [1.54, 1.807) is 23.2 Å². The Kier molecular flexibility index (Phi) is 5.68. The molecule has 1 amide bonds. The standard InChI is InChI=1S/C19H22BN3O5/c24-19-13-4-3-8-21-16(13)7-10-23(19)18-14(15(20(25)26)6-9-22-18)12-28-17-5-1-2-11-27-17/h3-4,6,8-9,17,25-26H,1-2,5,7,10-12H2. The number of nitrogens with zero attached hydrogens (tertiary/aromatic N) is 3. The van der Waals surface area contributed by atoms with E-state index < -0.39 is 7.12 Å². The van der Waals surface area contributed by atoms with Crippen LogP contribution in [0.5, 0.6) is 0 Å². The first-order chi connectivity index (χ1) is 13.6. The van der Waals surface area contributed by atoms with Crippen LogP contribution in [0, 0.1) is 0 Å². The molecule has 1 saturated heterocycles. The van der Waals surface area contributed by atoms with E-state index >= 15 is 0 Å². The number of amides is 1. The van der Waals surface area contributed by atoms with Gasteiger partial charge in [-0.2, -0.15) is 0 Å². The van der Waals surface area contributed by atoms with Gasteiger partial charge in [0.05, 0.1) is 17.9 Å². The van der Waals surface area contributed by atoms with E-state index in [-0.39, 0.29) is 24.3 Å². The summed E-state index contributed by atoms with van der Waals surface area (Å²) < 4.78 is 11.5. The second-order valence-corrected chi connectivity index (χ2v) is 6.89. The minimum absolute atomic E-state index is 0.0739. The van der Waals surface area contributed by atoms with Gasteiger partial charge in [0.2, 0.25) is 0 Å². The molecular weight excluding hydrogens is 361 g/mol. The molecule has 4 rings (SSSR count). The molecule has 1 atom stereocenters. The van der Waals surface area contributed by atoms with Crippen molar-refractivity contribution in [3.05, 3.63) is 47.4 Å². The predicted molar refractivity (Wildman–Crippen MR) is 102 cm³/mol. The maximum atomic E-state index is 13.0. The molecule has 0 bridgehead atoms. The largest absolute Gasteiger partial charge is 0.488 e. The highest BCUT2D eigenvalue weighted by molar-refractivity contribution is 6.59. The lowest BCUT2D eigenvalue weighted by Gasteiger charge is -2.30. The Labute approximate surface area is 163 Å². The summed E-state index contributed by atoms with van der Waals surface area (Å²) in [7, 11) is -1.69. The SMILES string of the molecule is O=C1c2cccnc2CCN1c1nccc(B(O)O)c1COC1CCCCO1. The Morgan fingerprint density at radius 3 is 2.93 bits per heavy atom. The number of carbonyl (C=O) groups excluding carboxylic acids is 1. The van der Waals surface area contributed by atoms with Gasteiger partial charge in [-0.15, -0.1) is 0 Å². The highest BCUT2D eigenvalue weighted by atomic mass is 16.7. The molecule has 8 nitrogen and oxygen atoms in total. The van der Waals surface area contributed by atoms with Crippen molar-refractivity contribution in [3.8, 4) is 0 Å². The lowest BCUT2D eigenvalue weighted by molar-refractivity contribution is -0.168. The van der Waals surface area contributed by atoms with E-state index in [1.807, 2.05) is 0 Å². The van der Waals surface area contributed by atoms with Gasteiger partial charge >= 0.3 is 7.12 Å². The van der Waals surface area contributed by atoms with E-state index in [1.165, 1.54) is 12.3 Å². The summed E-state index contributed by atoms with van der Waals surface area (Å²) in [6.07, 6.45) is 6.22. The second kappa shape index (κ2) is 8.36. The highest BCUT2D eigenvalue weighted by Crippen LogP contribution is 2.25. The number of carbonyl (C=O) groups is 1. The molecular formula is C19H22BN3O5. The fourth-order valence-electron chi connectivity index (χ4n) is 3.64. The minimum atomic E-state index is -1.69. The Balaban J connectivity index is 1.64. The van der Waals surface area contributed by atoms with Crippen LogP contribution in [0.15, 0.2) is 30.6 Å². The van der Waals surface area contributed by atoms with Crippen molar-refractivity contribution in [2.45, 2.75) is 38.6 Å². The molecule has 0 radical (unpaired) electrons. The van der Waals surface area contributed by atoms with Gasteiger partial charge in [-0.1, -0.05) is 0 Å². The molecule has 146 valence electrons. The number of pyridine rings is 2. The molecule has 2 aromatic heterocycles. The van der Waals surface area contributed by atoms with Crippen LogP contribution >= 0.6 is 0 Å². The number of anilines is 1. The van der Waals surface area contributed by atoms with Crippen LogP contribution in [0.1, 0.15) is 40.9 Å². The number of ether oxygens (including phenoxy) is 2. The number of fused-ring (bicyclic) bond motifs is 1. The van der Waals surface area contributed by atoms with Gasteiger partial charge in [0, 0.05) is 37.5 Å². The molecule has 28 heavy (non-hydrogen) atoms. The van der Waals surface area contributed by atoms with E-state index in [9.17, 15) is 14.8 Å². The first-order valence-corrected chi connectivity index (χ1v) is 9.48. The summed E-state index contributed by atoms with van der Waals surface area (Å²) in [6, 6.07) is 5.00. The molecule has 2 aliphatic rings.